The molecule has 1 aliphatic rings. The van der Waals surface area contributed by atoms with Gasteiger partial charge in [0, 0.05) is 54.9 Å². The average molecular weight is 464 g/mol. The van der Waals surface area contributed by atoms with Gasteiger partial charge in [0.05, 0.1) is 24.3 Å². The summed E-state index contributed by atoms with van der Waals surface area (Å²) in [4.78, 5) is 25.7. The van der Waals surface area contributed by atoms with Gasteiger partial charge in [0.1, 0.15) is 5.75 Å². The summed E-state index contributed by atoms with van der Waals surface area (Å²) in [5, 5.41) is 12.4. The third-order valence-electron chi connectivity index (χ3n) is 6.21. The van der Waals surface area contributed by atoms with E-state index in [0.29, 0.717) is 37.4 Å². The van der Waals surface area contributed by atoms with E-state index in [4.69, 9.17) is 10.5 Å². The van der Waals surface area contributed by atoms with Crippen molar-refractivity contribution in [2.75, 3.05) is 44.7 Å². The number of piperidine rings is 1. The van der Waals surface area contributed by atoms with Gasteiger partial charge in [0.15, 0.2) is 0 Å². The Morgan fingerprint density at radius 3 is 2.85 bits per heavy atom. The molecule has 3 aromatic rings. The molecule has 1 aromatic carbocycles. The second-order valence-corrected chi connectivity index (χ2v) is 9.10. The fourth-order valence-electron chi connectivity index (χ4n) is 4.59. The first-order chi connectivity index (χ1) is 16.4. The molecule has 1 fully saturated rings. The van der Waals surface area contributed by atoms with E-state index >= 15 is 0 Å². The number of hydrogen-bond acceptors (Lipinski definition) is 7. The summed E-state index contributed by atoms with van der Waals surface area (Å²) in [6.07, 6.45) is 5.81. The second-order valence-electron chi connectivity index (χ2n) is 9.10. The first kappa shape index (κ1) is 23.9. The molecule has 4 rings (SSSR count). The highest BCUT2D eigenvalue weighted by atomic mass is 16.5. The van der Waals surface area contributed by atoms with Crippen LogP contribution >= 0.6 is 0 Å². The highest BCUT2D eigenvalue weighted by molar-refractivity contribution is 5.94. The molecular weight excluding hydrogens is 430 g/mol. The van der Waals surface area contributed by atoms with Crippen molar-refractivity contribution in [2.45, 2.75) is 31.8 Å². The van der Waals surface area contributed by atoms with Crippen LogP contribution in [0.2, 0.25) is 0 Å². The number of carbonyl (C=O) groups is 1. The third kappa shape index (κ3) is 5.46. The average Bonchev–Trinajstić information content (AvgIpc) is 2.83. The lowest BCUT2D eigenvalue weighted by Crippen LogP contribution is -2.54. The summed E-state index contributed by atoms with van der Waals surface area (Å²) in [6.45, 7) is 4.62. The molecule has 1 saturated heterocycles. The fourth-order valence-corrected chi connectivity index (χ4v) is 4.59. The van der Waals surface area contributed by atoms with Gasteiger partial charge in [-0.25, -0.2) is 0 Å². The number of carbonyl (C=O) groups excluding carboxylic acids is 1. The van der Waals surface area contributed by atoms with Gasteiger partial charge in [-0.05, 0) is 69.1 Å². The Kier molecular flexibility index (Phi) is 7.29. The van der Waals surface area contributed by atoms with Crippen LogP contribution < -0.4 is 15.4 Å². The summed E-state index contributed by atoms with van der Waals surface area (Å²) in [5.41, 5.74) is 7.87. The number of β-amino-alcohol motifs (C(OH)–C–C–N with tert-alkyl or cyclic N) is 1. The van der Waals surface area contributed by atoms with Gasteiger partial charge < -0.3 is 25.4 Å². The number of aryl methyl sites for hydroxylation is 1. The van der Waals surface area contributed by atoms with E-state index in [1.165, 1.54) is 0 Å². The number of benzene rings is 1. The zero-order valence-corrected chi connectivity index (χ0v) is 19.9. The number of ether oxygens (including phenoxy) is 1. The number of amides is 1. The maximum atomic E-state index is 13.0. The molecule has 3 heterocycles. The number of nitrogens with two attached hydrogens (primary N) is 1. The van der Waals surface area contributed by atoms with Gasteiger partial charge in [-0.1, -0.05) is 0 Å². The molecule has 8 heteroatoms. The molecule has 1 atom stereocenters. The van der Waals surface area contributed by atoms with E-state index in [1.54, 1.807) is 42.4 Å². The predicted molar refractivity (Wildman–Crippen MR) is 133 cm³/mol. The van der Waals surface area contributed by atoms with Gasteiger partial charge in [0.2, 0.25) is 0 Å². The van der Waals surface area contributed by atoms with Crippen molar-refractivity contribution >= 4 is 22.5 Å². The SMILES string of the molecule is Cc1cc(N2CCC[C@@](O)(CN(C)C(=O)c3ccc(OCCCN)cc3)C2)c2cnccc2n1. The van der Waals surface area contributed by atoms with Crippen LogP contribution in [0.1, 0.15) is 35.3 Å². The van der Waals surface area contributed by atoms with Crippen molar-refractivity contribution in [2.24, 2.45) is 5.73 Å². The Labute approximate surface area is 200 Å². The Bertz CT molecular complexity index is 1140. The fraction of sp³-hybridized carbons (Fsp3) is 0.423. The molecule has 0 saturated carbocycles. The number of likely N-dealkylation sites (N-methyl/N-ethyl adjacent to an activating group) is 1. The van der Waals surface area contributed by atoms with Crippen LogP contribution in [-0.2, 0) is 0 Å². The molecule has 0 aliphatic carbocycles. The summed E-state index contributed by atoms with van der Waals surface area (Å²) in [5.74, 6) is 0.581. The van der Waals surface area contributed by atoms with Crippen molar-refractivity contribution in [1.82, 2.24) is 14.9 Å². The van der Waals surface area contributed by atoms with Crippen LogP contribution in [0, 0.1) is 6.92 Å². The number of hydrogen-bond donors (Lipinski definition) is 2. The highest BCUT2D eigenvalue weighted by Gasteiger charge is 2.36. The van der Waals surface area contributed by atoms with E-state index in [2.05, 4.69) is 14.9 Å². The van der Waals surface area contributed by atoms with Crippen molar-refractivity contribution in [3.05, 3.63) is 60.0 Å². The molecule has 0 radical (unpaired) electrons. The van der Waals surface area contributed by atoms with Gasteiger partial charge in [-0.3, -0.25) is 14.8 Å². The number of anilines is 1. The third-order valence-corrected chi connectivity index (χ3v) is 6.21. The lowest BCUT2D eigenvalue weighted by atomic mass is 9.91. The summed E-state index contributed by atoms with van der Waals surface area (Å²) in [6, 6.07) is 11.0. The largest absolute Gasteiger partial charge is 0.494 e. The number of aliphatic hydroxyl groups is 1. The summed E-state index contributed by atoms with van der Waals surface area (Å²) < 4.78 is 5.61. The molecular formula is C26H33N5O3. The normalized spacial score (nSPS) is 18.2. The number of pyridine rings is 2. The van der Waals surface area contributed by atoms with E-state index in [9.17, 15) is 9.90 Å². The minimum atomic E-state index is -1.01. The second kappa shape index (κ2) is 10.4. The first-order valence-electron chi connectivity index (χ1n) is 11.8. The quantitative estimate of drug-likeness (QED) is 0.495. The standard InChI is InChI=1S/C26H33N5O3/c1-19-15-24(22-16-28-12-9-23(22)29-19)31-13-3-10-26(33,18-31)17-30(2)25(32)20-5-7-21(8-6-20)34-14-4-11-27/h5-9,12,15-16,33H,3-4,10-11,13-14,17-18,27H2,1-2H3/t26-/m1/s1. The van der Waals surface area contributed by atoms with Crippen molar-refractivity contribution in [3.63, 3.8) is 0 Å². The molecule has 0 spiro atoms. The molecule has 3 N–H and O–H groups in total. The number of fused-ring (bicyclic) bond motifs is 1. The molecule has 8 nitrogen and oxygen atoms in total. The Morgan fingerprint density at radius 1 is 1.29 bits per heavy atom. The topological polar surface area (TPSA) is 105 Å². The maximum Gasteiger partial charge on any atom is 0.253 e. The monoisotopic (exact) mass is 463 g/mol. The maximum absolute atomic E-state index is 13.0. The van der Waals surface area contributed by atoms with E-state index in [-0.39, 0.29) is 12.5 Å². The Balaban J connectivity index is 1.45. The smallest absolute Gasteiger partial charge is 0.253 e. The predicted octanol–water partition coefficient (Wildman–Crippen LogP) is 2.77. The van der Waals surface area contributed by atoms with Crippen molar-refractivity contribution in [3.8, 4) is 5.75 Å². The van der Waals surface area contributed by atoms with E-state index in [0.717, 1.165) is 41.7 Å². The number of aromatic nitrogens is 2. The molecule has 1 amide bonds. The van der Waals surface area contributed by atoms with Crippen LogP contribution in [0.25, 0.3) is 10.9 Å². The molecule has 0 bridgehead atoms. The molecule has 0 unspecified atom stereocenters. The molecule has 180 valence electrons. The van der Waals surface area contributed by atoms with E-state index < -0.39 is 5.60 Å². The molecule has 1 aliphatic heterocycles. The van der Waals surface area contributed by atoms with Crippen LogP contribution in [-0.4, -0.2) is 71.3 Å². The highest BCUT2D eigenvalue weighted by Crippen LogP contribution is 2.32. The molecule has 2 aromatic heterocycles. The first-order valence-corrected chi connectivity index (χ1v) is 11.8. The minimum absolute atomic E-state index is 0.131. The van der Waals surface area contributed by atoms with Gasteiger partial charge in [-0.15, -0.1) is 0 Å². The molecule has 34 heavy (non-hydrogen) atoms. The van der Waals surface area contributed by atoms with Crippen LogP contribution in [0.4, 0.5) is 5.69 Å². The number of nitrogens with zero attached hydrogens (tertiary/aromatic N) is 4. The van der Waals surface area contributed by atoms with Crippen molar-refractivity contribution in [1.29, 1.82) is 0 Å². The van der Waals surface area contributed by atoms with Crippen LogP contribution in [0.15, 0.2) is 48.8 Å². The lowest BCUT2D eigenvalue weighted by molar-refractivity contribution is 0.0000636. The number of rotatable bonds is 8. The Hall–Kier alpha value is -3.23. The lowest BCUT2D eigenvalue weighted by Gasteiger charge is -2.42. The zero-order valence-electron chi connectivity index (χ0n) is 19.9. The van der Waals surface area contributed by atoms with Crippen LogP contribution in [0.3, 0.4) is 0 Å². The van der Waals surface area contributed by atoms with Gasteiger partial charge in [0.25, 0.3) is 5.91 Å². The van der Waals surface area contributed by atoms with Crippen LogP contribution in [0.5, 0.6) is 5.75 Å². The van der Waals surface area contributed by atoms with Crippen molar-refractivity contribution < 1.29 is 14.6 Å². The van der Waals surface area contributed by atoms with Gasteiger partial charge >= 0.3 is 0 Å². The minimum Gasteiger partial charge on any atom is -0.494 e. The zero-order chi connectivity index (χ0) is 24.1. The summed E-state index contributed by atoms with van der Waals surface area (Å²) >= 11 is 0. The van der Waals surface area contributed by atoms with Gasteiger partial charge in [-0.2, -0.15) is 0 Å². The summed E-state index contributed by atoms with van der Waals surface area (Å²) in [7, 11) is 1.74. The Morgan fingerprint density at radius 2 is 2.09 bits per heavy atom. The van der Waals surface area contributed by atoms with E-state index in [1.807, 2.05) is 25.3 Å².